The van der Waals surface area contributed by atoms with Crippen molar-refractivity contribution in [2.75, 3.05) is 0 Å². The fourth-order valence-electron chi connectivity index (χ4n) is 2.35. The average molecular weight is 420 g/mol. The molecule has 1 saturated heterocycles. The molecular weight excluding hydrogens is 395 g/mol. The van der Waals surface area contributed by atoms with Crippen LogP contribution in [0.3, 0.4) is 0 Å². The number of cyclic esters (lactones) is 1. The molecule has 0 unspecified atom stereocenters. The van der Waals surface area contributed by atoms with Crippen molar-refractivity contribution >= 4 is 34.5 Å². The van der Waals surface area contributed by atoms with Gasteiger partial charge in [0.2, 0.25) is 0 Å². The Morgan fingerprint density at radius 1 is 1.50 bits per heavy atom. The standard InChI is InChI=1S/C17H25IO4/c1-12(8-9-18)14-10-13(11-16(20)21-14)6-5-7-15(19)22-17(2,3)4/h5,7-9,12-14H,6,10-11H2,1-4H3/b7-5+,9-8+/t12-,13-,14-/m1/s1. The molecule has 0 amide bonds. The fraction of sp³-hybridized carbons (Fsp3) is 0.647. The molecule has 22 heavy (non-hydrogen) atoms. The lowest BCUT2D eigenvalue weighted by atomic mass is 9.87. The summed E-state index contributed by atoms with van der Waals surface area (Å²) in [7, 11) is 0. The highest BCUT2D eigenvalue weighted by Crippen LogP contribution is 2.29. The van der Waals surface area contributed by atoms with Gasteiger partial charge in [0.15, 0.2) is 0 Å². The lowest BCUT2D eigenvalue weighted by Gasteiger charge is -2.31. The molecule has 0 N–H and O–H groups in total. The third-order valence-electron chi connectivity index (χ3n) is 3.40. The van der Waals surface area contributed by atoms with Crippen LogP contribution in [0.25, 0.3) is 0 Å². The van der Waals surface area contributed by atoms with Crippen molar-refractivity contribution in [1.29, 1.82) is 0 Å². The van der Waals surface area contributed by atoms with Gasteiger partial charge in [-0.1, -0.05) is 41.7 Å². The highest BCUT2D eigenvalue weighted by Gasteiger charge is 2.30. The van der Waals surface area contributed by atoms with Gasteiger partial charge in [-0.05, 0) is 43.6 Å². The summed E-state index contributed by atoms with van der Waals surface area (Å²) in [6, 6.07) is 0. The quantitative estimate of drug-likeness (QED) is 0.381. The van der Waals surface area contributed by atoms with E-state index in [0.717, 1.165) is 6.42 Å². The minimum Gasteiger partial charge on any atom is -0.462 e. The Kier molecular flexibility index (Phi) is 7.59. The SMILES string of the molecule is C[C@H](/C=C/I)[C@H]1C[C@@H](C/C=C/C(=O)OC(C)(C)C)CC(=O)O1. The van der Waals surface area contributed by atoms with Gasteiger partial charge in [-0.25, -0.2) is 4.79 Å². The van der Waals surface area contributed by atoms with E-state index >= 15 is 0 Å². The lowest BCUT2D eigenvalue weighted by molar-refractivity contribution is -0.158. The van der Waals surface area contributed by atoms with Crippen molar-refractivity contribution in [1.82, 2.24) is 0 Å². The highest BCUT2D eigenvalue weighted by molar-refractivity contribution is 14.1. The van der Waals surface area contributed by atoms with E-state index in [1.165, 1.54) is 6.08 Å². The second-order valence-corrected chi connectivity index (χ2v) is 7.40. The summed E-state index contributed by atoms with van der Waals surface area (Å²) in [5.74, 6) is -0.0715. The van der Waals surface area contributed by atoms with Crippen LogP contribution in [-0.2, 0) is 19.1 Å². The number of carbonyl (C=O) groups is 2. The van der Waals surface area contributed by atoms with Crippen LogP contribution in [0.5, 0.6) is 0 Å². The zero-order valence-electron chi connectivity index (χ0n) is 13.7. The van der Waals surface area contributed by atoms with E-state index in [4.69, 9.17) is 9.47 Å². The maximum Gasteiger partial charge on any atom is 0.330 e. The van der Waals surface area contributed by atoms with Crippen LogP contribution >= 0.6 is 22.6 Å². The van der Waals surface area contributed by atoms with Crippen LogP contribution in [-0.4, -0.2) is 23.6 Å². The molecule has 1 fully saturated rings. The number of ether oxygens (including phenoxy) is 2. The maximum absolute atomic E-state index is 11.7. The van der Waals surface area contributed by atoms with E-state index in [1.807, 2.05) is 37.9 Å². The van der Waals surface area contributed by atoms with Crippen molar-refractivity contribution in [3.05, 3.63) is 22.3 Å². The lowest BCUT2D eigenvalue weighted by Crippen LogP contribution is -2.33. The number of hydrogen-bond acceptors (Lipinski definition) is 4. The molecule has 5 heteroatoms. The summed E-state index contributed by atoms with van der Waals surface area (Å²) in [6.45, 7) is 7.56. The van der Waals surface area contributed by atoms with Gasteiger partial charge in [0.25, 0.3) is 0 Å². The van der Waals surface area contributed by atoms with Gasteiger partial charge < -0.3 is 9.47 Å². The van der Waals surface area contributed by atoms with Gasteiger partial charge in [-0.2, -0.15) is 0 Å². The second-order valence-electron chi connectivity index (χ2n) is 6.68. The number of esters is 2. The van der Waals surface area contributed by atoms with E-state index in [0.29, 0.717) is 12.8 Å². The molecule has 0 bridgehead atoms. The van der Waals surface area contributed by atoms with Crippen LogP contribution < -0.4 is 0 Å². The first-order valence-electron chi connectivity index (χ1n) is 7.57. The molecule has 0 aromatic rings. The van der Waals surface area contributed by atoms with Crippen LogP contribution in [0.1, 0.15) is 47.0 Å². The Hall–Kier alpha value is -0.850. The predicted molar refractivity (Wildman–Crippen MR) is 94.5 cm³/mol. The smallest absolute Gasteiger partial charge is 0.330 e. The molecule has 0 aromatic carbocycles. The zero-order chi connectivity index (χ0) is 16.8. The van der Waals surface area contributed by atoms with E-state index in [9.17, 15) is 9.59 Å². The fourth-order valence-corrected chi connectivity index (χ4v) is 3.00. The number of carbonyl (C=O) groups excluding carboxylic acids is 2. The third-order valence-corrected chi connectivity index (χ3v) is 3.81. The number of hydrogen-bond donors (Lipinski definition) is 0. The Labute approximate surface area is 146 Å². The minimum atomic E-state index is -0.484. The van der Waals surface area contributed by atoms with Crippen LogP contribution in [0.15, 0.2) is 22.3 Å². The predicted octanol–water partition coefficient (Wildman–Crippen LogP) is 4.18. The van der Waals surface area contributed by atoms with Gasteiger partial charge >= 0.3 is 11.9 Å². The monoisotopic (exact) mass is 420 g/mol. The van der Waals surface area contributed by atoms with Crippen molar-refractivity contribution in [2.45, 2.75) is 58.7 Å². The van der Waals surface area contributed by atoms with Gasteiger partial charge in [0.1, 0.15) is 11.7 Å². The van der Waals surface area contributed by atoms with Crippen molar-refractivity contribution in [3.63, 3.8) is 0 Å². The molecule has 0 aromatic heterocycles. The van der Waals surface area contributed by atoms with Gasteiger partial charge in [-0.15, -0.1) is 0 Å². The van der Waals surface area contributed by atoms with Crippen LogP contribution in [0, 0.1) is 11.8 Å². The number of allylic oxidation sites excluding steroid dienone is 1. The summed E-state index contributed by atoms with van der Waals surface area (Å²) >= 11 is 2.17. The summed E-state index contributed by atoms with van der Waals surface area (Å²) in [5, 5.41) is 0. The third kappa shape index (κ3) is 7.42. The van der Waals surface area contributed by atoms with E-state index in [1.54, 1.807) is 6.08 Å². The second kappa shape index (κ2) is 8.70. The maximum atomic E-state index is 11.7. The summed E-state index contributed by atoms with van der Waals surface area (Å²) < 4.78 is 12.6. The first-order chi connectivity index (χ1) is 10.2. The minimum absolute atomic E-state index is 0.0767. The van der Waals surface area contributed by atoms with E-state index in [-0.39, 0.29) is 29.9 Å². The Bertz CT molecular complexity index is 448. The molecule has 0 spiro atoms. The molecule has 1 heterocycles. The Balaban J connectivity index is 2.51. The molecule has 0 aliphatic carbocycles. The molecule has 0 saturated carbocycles. The topological polar surface area (TPSA) is 52.6 Å². The molecule has 1 aliphatic heterocycles. The van der Waals surface area contributed by atoms with E-state index in [2.05, 4.69) is 22.6 Å². The molecule has 4 nitrogen and oxygen atoms in total. The van der Waals surface area contributed by atoms with Crippen molar-refractivity contribution < 1.29 is 19.1 Å². The van der Waals surface area contributed by atoms with Crippen LogP contribution in [0.2, 0.25) is 0 Å². The molecular formula is C17H25IO4. The first-order valence-corrected chi connectivity index (χ1v) is 8.81. The summed E-state index contributed by atoms with van der Waals surface area (Å²) in [4.78, 5) is 23.3. The summed E-state index contributed by atoms with van der Waals surface area (Å²) in [5.41, 5.74) is -0.484. The van der Waals surface area contributed by atoms with E-state index < -0.39 is 5.60 Å². The first kappa shape index (κ1) is 19.2. The molecule has 124 valence electrons. The molecule has 0 radical (unpaired) electrons. The Morgan fingerprint density at radius 3 is 2.77 bits per heavy atom. The normalized spacial score (nSPS) is 24.5. The zero-order valence-corrected chi connectivity index (χ0v) is 15.8. The number of halogens is 1. The number of rotatable bonds is 5. The highest BCUT2D eigenvalue weighted by atomic mass is 127. The van der Waals surface area contributed by atoms with Gasteiger partial charge in [-0.3, -0.25) is 4.79 Å². The van der Waals surface area contributed by atoms with Crippen molar-refractivity contribution in [3.8, 4) is 0 Å². The molecule has 1 aliphatic rings. The largest absolute Gasteiger partial charge is 0.462 e. The van der Waals surface area contributed by atoms with Gasteiger partial charge in [0, 0.05) is 18.4 Å². The molecule has 1 rings (SSSR count). The van der Waals surface area contributed by atoms with Crippen LogP contribution in [0.4, 0.5) is 0 Å². The van der Waals surface area contributed by atoms with Gasteiger partial charge in [0.05, 0.1) is 0 Å². The summed E-state index contributed by atoms with van der Waals surface area (Å²) in [6.07, 6.45) is 7.14. The average Bonchev–Trinajstić information content (AvgIpc) is 2.36. The molecule has 3 atom stereocenters. The Morgan fingerprint density at radius 2 is 2.18 bits per heavy atom. The van der Waals surface area contributed by atoms with Crippen molar-refractivity contribution in [2.24, 2.45) is 11.8 Å².